The fourth-order valence-corrected chi connectivity index (χ4v) is 3.85. The van der Waals surface area contributed by atoms with Gasteiger partial charge in [-0.1, -0.05) is 36.4 Å². The van der Waals surface area contributed by atoms with Gasteiger partial charge in [-0.25, -0.2) is 4.39 Å². The number of anilines is 1. The molecule has 0 radical (unpaired) electrons. The molecule has 0 aromatic heterocycles. The number of fused-ring (bicyclic) bond motifs is 1. The van der Waals surface area contributed by atoms with E-state index >= 15 is 0 Å². The number of Topliss-reactive ketones (excluding diaryl/α,β-unsaturated/α-hetero) is 1. The van der Waals surface area contributed by atoms with E-state index in [1.165, 1.54) is 29.2 Å². The Bertz CT molecular complexity index is 1220. The molecule has 2 aliphatic rings. The van der Waals surface area contributed by atoms with Crippen molar-refractivity contribution >= 4 is 23.1 Å². The van der Waals surface area contributed by atoms with Crippen molar-refractivity contribution in [2.75, 3.05) is 11.7 Å². The van der Waals surface area contributed by atoms with E-state index < -0.39 is 23.5 Å². The molecule has 0 bridgehead atoms. The van der Waals surface area contributed by atoms with Crippen molar-refractivity contribution in [3.63, 3.8) is 0 Å². The quantitative estimate of drug-likeness (QED) is 0.393. The Morgan fingerprint density at radius 3 is 2.39 bits per heavy atom. The van der Waals surface area contributed by atoms with Gasteiger partial charge in [-0.15, -0.1) is 0 Å². The third-order valence-corrected chi connectivity index (χ3v) is 5.31. The Kier molecular flexibility index (Phi) is 4.43. The molecule has 1 saturated heterocycles. The second-order valence-corrected chi connectivity index (χ2v) is 7.12. The van der Waals surface area contributed by atoms with E-state index in [0.29, 0.717) is 28.3 Å². The lowest BCUT2D eigenvalue weighted by molar-refractivity contribution is -0.132. The van der Waals surface area contributed by atoms with E-state index in [1.54, 1.807) is 48.5 Å². The van der Waals surface area contributed by atoms with Crippen LogP contribution in [-0.4, -0.2) is 23.6 Å². The fraction of sp³-hybridized carbons (Fsp3) is 0.0833. The summed E-state index contributed by atoms with van der Waals surface area (Å²) >= 11 is 0. The van der Waals surface area contributed by atoms with Crippen LogP contribution in [0.15, 0.2) is 78.4 Å². The second-order valence-electron chi connectivity index (χ2n) is 7.12. The van der Waals surface area contributed by atoms with Gasteiger partial charge in [0.05, 0.1) is 11.6 Å². The van der Waals surface area contributed by atoms with Crippen LogP contribution in [0.3, 0.4) is 0 Å². The van der Waals surface area contributed by atoms with Crippen molar-refractivity contribution in [2.45, 2.75) is 6.04 Å². The van der Waals surface area contributed by atoms with Gasteiger partial charge in [0, 0.05) is 11.3 Å². The molecule has 3 aromatic rings. The van der Waals surface area contributed by atoms with E-state index in [0.717, 1.165) is 0 Å². The van der Waals surface area contributed by atoms with Crippen LogP contribution < -0.4 is 14.4 Å². The van der Waals surface area contributed by atoms with Crippen LogP contribution in [0.1, 0.15) is 17.2 Å². The summed E-state index contributed by atoms with van der Waals surface area (Å²) in [5.41, 5.74) is 1.23. The standard InChI is InChI=1S/C24H16FNO5/c25-16-7-9-17(10-8-16)26-21(15-6-11-18-19(12-15)31-13-30-18)20(23(28)24(26)29)22(27)14-4-2-1-3-5-14/h1-12,21,27H,13H2/t21-/m0/s1. The number of aliphatic hydroxyl groups is 1. The van der Waals surface area contributed by atoms with Crippen LogP contribution in [0.4, 0.5) is 10.1 Å². The highest BCUT2D eigenvalue weighted by Crippen LogP contribution is 2.44. The minimum Gasteiger partial charge on any atom is -0.507 e. The highest BCUT2D eigenvalue weighted by Gasteiger charge is 2.47. The maximum atomic E-state index is 13.5. The molecule has 3 aromatic carbocycles. The highest BCUT2D eigenvalue weighted by atomic mass is 19.1. The van der Waals surface area contributed by atoms with Crippen molar-refractivity contribution in [2.24, 2.45) is 0 Å². The molecular weight excluding hydrogens is 401 g/mol. The van der Waals surface area contributed by atoms with Gasteiger partial charge >= 0.3 is 0 Å². The van der Waals surface area contributed by atoms with Crippen LogP contribution in [0, 0.1) is 5.82 Å². The monoisotopic (exact) mass is 417 g/mol. The van der Waals surface area contributed by atoms with Crippen LogP contribution in [0.5, 0.6) is 11.5 Å². The molecule has 2 heterocycles. The Balaban J connectivity index is 1.72. The number of rotatable bonds is 3. The van der Waals surface area contributed by atoms with Crippen molar-refractivity contribution in [1.82, 2.24) is 0 Å². The summed E-state index contributed by atoms with van der Waals surface area (Å²) in [5.74, 6) is -1.37. The highest BCUT2D eigenvalue weighted by molar-refractivity contribution is 6.51. The average molecular weight is 417 g/mol. The number of carbonyl (C=O) groups is 2. The number of carbonyl (C=O) groups excluding carboxylic acids is 2. The predicted molar refractivity (Wildman–Crippen MR) is 110 cm³/mol. The van der Waals surface area contributed by atoms with Crippen molar-refractivity contribution in [3.8, 4) is 11.5 Å². The van der Waals surface area contributed by atoms with Gasteiger partial charge in [-0.3, -0.25) is 14.5 Å². The number of ketones is 1. The number of hydrogen-bond acceptors (Lipinski definition) is 5. The molecule has 0 unspecified atom stereocenters. The molecule has 5 rings (SSSR count). The number of ether oxygens (including phenoxy) is 2. The van der Waals surface area contributed by atoms with Gasteiger partial charge in [-0.2, -0.15) is 0 Å². The molecular formula is C24H16FNO5. The summed E-state index contributed by atoms with van der Waals surface area (Å²) < 4.78 is 24.3. The zero-order chi connectivity index (χ0) is 21.5. The molecule has 6 nitrogen and oxygen atoms in total. The van der Waals surface area contributed by atoms with Crippen molar-refractivity contribution in [3.05, 3.63) is 95.3 Å². The lowest BCUT2D eigenvalue weighted by Gasteiger charge is -2.25. The number of hydrogen-bond donors (Lipinski definition) is 1. The van der Waals surface area contributed by atoms with Crippen molar-refractivity contribution in [1.29, 1.82) is 0 Å². The SMILES string of the molecule is O=C1C(=O)N(c2ccc(F)cc2)[C@@H](c2ccc3c(c2)OCO3)C1=C(O)c1ccccc1. The number of amides is 1. The van der Waals surface area contributed by atoms with Gasteiger partial charge in [-0.05, 0) is 42.0 Å². The lowest BCUT2D eigenvalue weighted by atomic mass is 9.95. The summed E-state index contributed by atoms with van der Waals surface area (Å²) in [4.78, 5) is 27.3. The van der Waals surface area contributed by atoms with E-state index in [4.69, 9.17) is 9.47 Å². The van der Waals surface area contributed by atoms with E-state index in [-0.39, 0.29) is 18.1 Å². The Hall–Kier alpha value is -4.13. The topological polar surface area (TPSA) is 76.1 Å². The minimum atomic E-state index is -0.930. The maximum absolute atomic E-state index is 13.5. The number of nitrogens with zero attached hydrogens (tertiary/aromatic N) is 1. The van der Waals surface area contributed by atoms with E-state index in [1.807, 2.05) is 0 Å². The predicted octanol–water partition coefficient (Wildman–Crippen LogP) is 4.18. The van der Waals surface area contributed by atoms with Crippen LogP contribution in [0.25, 0.3) is 5.76 Å². The number of halogens is 1. The van der Waals surface area contributed by atoms with E-state index in [2.05, 4.69) is 0 Å². The molecule has 1 atom stereocenters. The summed E-state index contributed by atoms with van der Waals surface area (Å²) in [7, 11) is 0. The molecule has 31 heavy (non-hydrogen) atoms. The minimum absolute atomic E-state index is 0.0561. The summed E-state index contributed by atoms with van der Waals surface area (Å²) in [6.07, 6.45) is 0. The Morgan fingerprint density at radius 1 is 0.935 bits per heavy atom. The smallest absolute Gasteiger partial charge is 0.300 e. The molecule has 1 N–H and O–H groups in total. The molecule has 0 aliphatic carbocycles. The maximum Gasteiger partial charge on any atom is 0.300 e. The Morgan fingerprint density at radius 2 is 1.65 bits per heavy atom. The van der Waals surface area contributed by atoms with Gasteiger partial charge in [0.2, 0.25) is 6.79 Å². The molecule has 7 heteroatoms. The first kappa shape index (κ1) is 18.9. The van der Waals surface area contributed by atoms with E-state index in [9.17, 15) is 19.1 Å². The summed E-state index contributed by atoms with van der Waals surface area (Å²) in [5, 5.41) is 11.0. The summed E-state index contributed by atoms with van der Waals surface area (Å²) in [6.45, 7) is 0.0704. The van der Waals surface area contributed by atoms with Gasteiger partial charge in [0.1, 0.15) is 11.6 Å². The molecule has 1 amide bonds. The normalized spacial score (nSPS) is 19.1. The number of benzene rings is 3. The van der Waals surface area contributed by atoms with Crippen LogP contribution in [-0.2, 0) is 9.59 Å². The summed E-state index contributed by atoms with van der Waals surface area (Å²) in [6, 6.07) is 17.9. The molecule has 1 fully saturated rings. The Labute approximate surface area is 176 Å². The fourth-order valence-electron chi connectivity index (χ4n) is 3.85. The molecule has 0 saturated carbocycles. The second kappa shape index (κ2) is 7.28. The zero-order valence-corrected chi connectivity index (χ0v) is 16.1. The largest absolute Gasteiger partial charge is 0.507 e. The first-order chi connectivity index (χ1) is 15.0. The van der Waals surface area contributed by atoms with Gasteiger partial charge in [0.25, 0.3) is 11.7 Å². The lowest BCUT2D eigenvalue weighted by Crippen LogP contribution is -2.29. The van der Waals surface area contributed by atoms with Gasteiger partial charge in [0.15, 0.2) is 11.5 Å². The zero-order valence-electron chi connectivity index (χ0n) is 16.1. The van der Waals surface area contributed by atoms with Gasteiger partial charge < -0.3 is 14.6 Å². The van der Waals surface area contributed by atoms with Crippen molar-refractivity contribution < 1.29 is 28.6 Å². The third kappa shape index (κ3) is 3.11. The first-order valence-electron chi connectivity index (χ1n) is 9.56. The molecule has 2 aliphatic heterocycles. The van der Waals surface area contributed by atoms with Crippen LogP contribution in [0.2, 0.25) is 0 Å². The van der Waals surface area contributed by atoms with Crippen LogP contribution >= 0.6 is 0 Å². The third-order valence-electron chi connectivity index (χ3n) is 5.31. The average Bonchev–Trinajstić information content (AvgIpc) is 3.37. The molecule has 0 spiro atoms. The first-order valence-corrected chi connectivity index (χ1v) is 9.56. The molecule has 154 valence electrons. The number of aliphatic hydroxyl groups excluding tert-OH is 1.